The molecule has 4 N–H and O–H groups in total. The van der Waals surface area contributed by atoms with Gasteiger partial charge in [0.05, 0.1) is 23.8 Å². The van der Waals surface area contributed by atoms with Gasteiger partial charge in [0.2, 0.25) is 0 Å². The van der Waals surface area contributed by atoms with E-state index in [1.807, 2.05) is 30.3 Å². The Bertz CT molecular complexity index is 896. The van der Waals surface area contributed by atoms with Gasteiger partial charge in [0, 0.05) is 23.9 Å². The topological polar surface area (TPSA) is 114 Å². The van der Waals surface area contributed by atoms with Crippen molar-refractivity contribution in [1.82, 2.24) is 15.0 Å². The molecule has 1 unspecified atom stereocenters. The maximum Gasteiger partial charge on any atom is 0.320 e. The third kappa shape index (κ3) is 4.28. The lowest BCUT2D eigenvalue weighted by Gasteiger charge is -2.07. The van der Waals surface area contributed by atoms with E-state index >= 15 is 0 Å². The largest absolute Gasteiger partial charge is 0.497 e. The van der Waals surface area contributed by atoms with Gasteiger partial charge in [-0.2, -0.15) is 0 Å². The van der Waals surface area contributed by atoms with Crippen LogP contribution in [0.2, 0.25) is 0 Å². The smallest absolute Gasteiger partial charge is 0.320 e. The summed E-state index contributed by atoms with van der Waals surface area (Å²) in [5.41, 5.74) is 8.86. The van der Waals surface area contributed by atoms with E-state index < -0.39 is 12.0 Å². The average Bonchev–Trinajstić information content (AvgIpc) is 3.02. The highest BCUT2D eigenvalue weighted by Gasteiger charge is 2.13. The third-order valence-corrected chi connectivity index (χ3v) is 4.54. The zero-order chi connectivity index (χ0) is 17.8. The second-order valence-electron chi connectivity index (χ2n) is 5.48. The summed E-state index contributed by atoms with van der Waals surface area (Å²) < 4.78 is 5.21. The van der Waals surface area contributed by atoms with Crippen molar-refractivity contribution in [1.29, 1.82) is 0 Å². The van der Waals surface area contributed by atoms with E-state index in [4.69, 9.17) is 15.6 Å². The molecular weight excluding hydrogens is 340 g/mol. The van der Waals surface area contributed by atoms with E-state index in [1.165, 1.54) is 11.8 Å². The number of aliphatic carboxylic acids is 1. The van der Waals surface area contributed by atoms with Gasteiger partial charge < -0.3 is 20.6 Å². The molecule has 0 aliphatic carbocycles. The Morgan fingerprint density at radius 1 is 1.32 bits per heavy atom. The van der Waals surface area contributed by atoms with E-state index in [9.17, 15) is 4.79 Å². The Morgan fingerprint density at radius 2 is 2.12 bits per heavy atom. The minimum absolute atomic E-state index is 0.207. The van der Waals surface area contributed by atoms with Crippen LogP contribution < -0.4 is 10.5 Å². The lowest BCUT2D eigenvalue weighted by atomic mass is 10.1. The van der Waals surface area contributed by atoms with Gasteiger partial charge in [0.15, 0.2) is 5.16 Å². The normalized spacial score (nSPS) is 12.2. The number of thioether (sulfide) groups is 1. The number of aromatic nitrogens is 3. The number of nitrogens with one attached hydrogen (secondary N) is 1. The summed E-state index contributed by atoms with van der Waals surface area (Å²) in [6.07, 6.45) is 0.207. The number of imidazole rings is 1. The van der Waals surface area contributed by atoms with Crippen molar-refractivity contribution in [2.75, 3.05) is 7.11 Å². The number of ether oxygens (including phenoxy) is 1. The second kappa shape index (κ2) is 7.54. The van der Waals surface area contributed by atoms with Crippen LogP contribution in [0.15, 0.2) is 41.6 Å². The summed E-state index contributed by atoms with van der Waals surface area (Å²) in [7, 11) is 1.63. The zero-order valence-electron chi connectivity index (χ0n) is 13.6. The van der Waals surface area contributed by atoms with Gasteiger partial charge in [0.25, 0.3) is 0 Å². The van der Waals surface area contributed by atoms with Crippen molar-refractivity contribution < 1.29 is 14.6 Å². The molecule has 0 fully saturated rings. The molecule has 25 heavy (non-hydrogen) atoms. The Balaban J connectivity index is 1.68. The number of pyridine rings is 1. The SMILES string of the molecule is COc1ccc2nc(SCc3cccc(CC(N)C(=O)O)n3)[nH]c2c1. The molecular formula is C17H18N4O3S. The predicted octanol–water partition coefficient (Wildman–Crippen LogP) is 2.21. The fourth-order valence-electron chi connectivity index (χ4n) is 2.34. The molecule has 3 rings (SSSR count). The van der Waals surface area contributed by atoms with E-state index in [2.05, 4.69) is 15.0 Å². The molecule has 2 aromatic heterocycles. The van der Waals surface area contributed by atoms with Crippen molar-refractivity contribution in [3.8, 4) is 5.75 Å². The van der Waals surface area contributed by atoms with Crippen LogP contribution in [0.25, 0.3) is 11.0 Å². The number of nitrogens with two attached hydrogens (primary N) is 1. The Hall–Kier alpha value is -2.58. The molecule has 0 saturated carbocycles. The summed E-state index contributed by atoms with van der Waals surface area (Å²) >= 11 is 1.53. The highest BCUT2D eigenvalue weighted by atomic mass is 32.2. The number of carbonyl (C=O) groups is 1. The van der Waals surface area contributed by atoms with Crippen LogP contribution in [-0.4, -0.2) is 39.2 Å². The minimum atomic E-state index is -1.03. The number of fused-ring (bicyclic) bond motifs is 1. The monoisotopic (exact) mass is 358 g/mol. The Kier molecular flexibility index (Phi) is 5.20. The zero-order valence-corrected chi connectivity index (χ0v) is 14.4. The van der Waals surface area contributed by atoms with Crippen LogP contribution in [0.4, 0.5) is 0 Å². The molecule has 8 heteroatoms. The molecule has 0 aliphatic heterocycles. The van der Waals surface area contributed by atoms with Crippen LogP contribution in [0.3, 0.4) is 0 Å². The molecule has 0 aliphatic rings. The number of methoxy groups -OCH3 is 1. The molecule has 1 atom stereocenters. The first-order valence-corrected chi connectivity index (χ1v) is 8.63. The molecule has 2 heterocycles. The van der Waals surface area contributed by atoms with Crippen LogP contribution >= 0.6 is 11.8 Å². The second-order valence-corrected chi connectivity index (χ2v) is 6.45. The van der Waals surface area contributed by atoms with E-state index in [1.54, 1.807) is 13.2 Å². The van der Waals surface area contributed by atoms with Crippen LogP contribution in [0.1, 0.15) is 11.4 Å². The van der Waals surface area contributed by atoms with Crippen molar-refractivity contribution in [3.05, 3.63) is 47.8 Å². The van der Waals surface area contributed by atoms with E-state index in [0.717, 1.165) is 27.6 Å². The van der Waals surface area contributed by atoms with Crippen LogP contribution in [-0.2, 0) is 17.0 Å². The fourth-order valence-corrected chi connectivity index (χ4v) is 3.13. The highest BCUT2D eigenvalue weighted by Crippen LogP contribution is 2.25. The number of hydrogen-bond acceptors (Lipinski definition) is 6. The number of benzene rings is 1. The van der Waals surface area contributed by atoms with Crippen molar-refractivity contribution >= 4 is 28.8 Å². The van der Waals surface area contributed by atoms with Crippen molar-refractivity contribution in [2.45, 2.75) is 23.4 Å². The van der Waals surface area contributed by atoms with Gasteiger partial charge in [-0.1, -0.05) is 17.8 Å². The summed E-state index contributed by atoms with van der Waals surface area (Å²) in [6, 6.07) is 10.3. The number of hydrogen-bond donors (Lipinski definition) is 3. The van der Waals surface area contributed by atoms with Crippen molar-refractivity contribution in [3.63, 3.8) is 0 Å². The molecule has 0 spiro atoms. The predicted molar refractivity (Wildman–Crippen MR) is 95.8 cm³/mol. The fraction of sp³-hybridized carbons (Fsp3) is 0.235. The van der Waals surface area contributed by atoms with Crippen LogP contribution in [0.5, 0.6) is 5.75 Å². The van der Waals surface area contributed by atoms with Crippen molar-refractivity contribution in [2.24, 2.45) is 5.73 Å². The summed E-state index contributed by atoms with van der Waals surface area (Å²) in [4.78, 5) is 23.1. The van der Waals surface area contributed by atoms with Gasteiger partial charge in [-0.3, -0.25) is 9.78 Å². The molecule has 0 bridgehead atoms. The standard InChI is InChI=1S/C17H18N4O3S/c1-24-12-5-6-14-15(8-12)21-17(20-14)25-9-11-4-2-3-10(19-11)7-13(18)16(22)23/h2-6,8,13H,7,9,18H2,1H3,(H,20,21)(H,22,23). The Labute approximate surface area is 148 Å². The lowest BCUT2D eigenvalue weighted by molar-refractivity contribution is -0.138. The van der Waals surface area contributed by atoms with Gasteiger partial charge in [-0.25, -0.2) is 4.98 Å². The minimum Gasteiger partial charge on any atom is -0.497 e. The lowest BCUT2D eigenvalue weighted by Crippen LogP contribution is -2.32. The first-order valence-electron chi connectivity index (χ1n) is 7.65. The quantitative estimate of drug-likeness (QED) is 0.555. The van der Waals surface area contributed by atoms with Gasteiger partial charge >= 0.3 is 5.97 Å². The summed E-state index contributed by atoms with van der Waals surface area (Å²) in [5, 5.41) is 9.68. The number of aromatic amines is 1. The molecule has 1 aromatic carbocycles. The Morgan fingerprint density at radius 3 is 2.88 bits per heavy atom. The number of nitrogens with zero attached hydrogens (tertiary/aromatic N) is 2. The molecule has 3 aromatic rings. The number of rotatable bonds is 7. The summed E-state index contributed by atoms with van der Waals surface area (Å²) in [5.74, 6) is 0.365. The van der Waals surface area contributed by atoms with Gasteiger partial charge in [0.1, 0.15) is 11.8 Å². The highest BCUT2D eigenvalue weighted by molar-refractivity contribution is 7.98. The maximum absolute atomic E-state index is 10.9. The molecule has 0 amide bonds. The number of carboxylic acids is 1. The third-order valence-electron chi connectivity index (χ3n) is 3.63. The average molecular weight is 358 g/mol. The van der Waals surface area contributed by atoms with Gasteiger partial charge in [-0.05, 0) is 24.3 Å². The van der Waals surface area contributed by atoms with E-state index in [-0.39, 0.29) is 6.42 Å². The molecule has 130 valence electrons. The molecule has 0 radical (unpaired) electrons. The van der Waals surface area contributed by atoms with E-state index in [0.29, 0.717) is 11.4 Å². The number of carboxylic acid groups (broad SMARTS) is 1. The first-order chi connectivity index (χ1) is 12.0. The van der Waals surface area contributed by atoms with Gasteiger partial charge in [-0.15, -0.1) is 0 Å². The maximum atomic E-state index is 10.9. The molecule has 7 nitrogen and oxygen atoms in total. The molecule has 0 saturated heterocycles. The van der Waals surface area contributed by atoms with Crippen LogP contribution in [0, 0.1) is 0 Å². The number of H-pyrrole nitrogens is 1. The summed E-state index contributed by atoms with van der Waals surface area (Å²) in [6.45, 7) is 0. The first kappa shape index (κ1) is 17.2.